The van der Waals surface area contributed by atoms with Gasteiger partial charge in [-0.05, 0) is 47.4 Å². The standard InChI is InChI=1S/C23H19ClN4O3/c1-30-18-9-14-7-8-28-21(16(14)10-19(18)31-2)23(29,12-26)20(17(11-25)22(28)27)13-3-5-15(24)6-4-13/h3-6,9-10,21,27,29H,7-8H2,1-2H3. The quantitative estimate of drug-likeness (QED) is 0.715. The van der Waals surface area contributed by atoms with Crippen molar-refractivity contribution in [1.29, 1.82) is 15.9 Å². The predicted octanol–water partition coefficient (Wildman–Crippen LogP) is 3.48. The van der Waals surface area contributed by atoms with E-state index in [1.54, 1.807) is 42.3 Å². The highest BCUT2D eigenvalue weighted by Gasteiger charge is 2.54. The first-order chi connectivity index (χ1) is 14.9. The van der Waals surface area contributed by atoms with Gasteiger partial charge < -0.3 is 19.5 Å². The number of methoxy groups -OCH3 is 2. The van der Waals surface area contributed by atoms with Gasteiger partial charge in [0.05, 0.1) is 14.2 Å². The summed E-state index contributed by atoms with van der Waals surface area (Å²) in [5, 5.41) is 41.0. The lowest BCUT2D eigenvalue weighted by Crippen LogP contribution is -2.55. The summed E-state index contributed by atoms with van der Waals surface area (Å²) in [6, 6.07) is 13.3. The molecule has 2 aliphatic rings. The smallest absolute Gasteiger partial charge is 0.203 e. The lowest BCUT2D eigenvalue weighted by atomic mass is 9.71. The fourth-order valence-electron chi connectivity index (χ4n) is 4.43. The van der Waals surface area contributed by atoms with E-state index in [4.69, 9.17) is 26.5 Å². The Balaban J connectivity index is 2.01. The summed E-state index contributed by atoms with van der Waals surface area (Å²) in [6.45, 7) is 0.370. The topological polar surface area (TPSA) is 113 Å². The molecule has 0 amide bonds. The van der Waals surface area contributed by atoms with Crippen molar-refractivity contribution < 1.29 is 14.6 Å². The minimum atomic E-state index is -2.09. The van der Waals surface area contributed by atoms with Crippen LogP contribution < -0.4 is 9.47 Å². The van der Waals surface area contributed by atoms with Crippen molar-refractivity contribution in [3.63, 3.8) is 0 Å². The van der Waals surface area contributed by atoms with Crippen LogP contribution in [-0.4, -0.2) is 42.2 Å². The van der Waals surface area contributed by atoms with E-state index < -0.39 is 11.6 Å². The molecule has 8 heteroatoms. The fraction of sp³-hybridized carbons (Fsp3) is 0.261. The third-order valence-corrected chi connectivity index (χ3v) is 6.09. The van der Waals surface area contributed by atoms with Gasteiger partial charge in [0.25, 0.3) is 0 Å². The van der Waals surface area contributed by atoms with E-state index in [1.807, 2.05) is 18.2 Å². The van der Waals surface area contributed by atoms with Crippen LogP contribution in [0.3, 0.4) is 0 Å². The number of rotatable bonds is 3. The maximum Gasteiger partial charge on any atom is 0.203 e. The van der Waals surface area contributed by atoms with Crippen LogP contribution >= 0.6 is 11.6 Å². The maximum atomic E-state index is 11.8. The van der Waals surface area contributed by atoms with Gasteiger partial charge in [-0.25, -0.2) is 0 Å². The van der Waals surface area contributed by atoms with Gasteiger partial charge >= 0.3 is 0 Å². The largest absolute Gasteiger partial charge is 0.493 e. The zero-order valence-corrected chi connectivity index (χ0v) is 17.7. The molecule has 0 aromatic heterocycles. The number of benzene rings is 2. The molecule has 2 heterocycles. The Labute approximate surface area is 184 Å². The minimum Gasteiger partial charge on any atom is -0.493 e. The molecule has 2 aromatic carbocycles. The summed E-state index contributed by atoms with van der Waals surface area (Å²) in [5.74, 6) is 0.975. The predicted molar refractivity (Wildman–Crippen MR) is 115 cm³/mol. The Morgan fingerprint density at radius 3 is 2.39 bits per heavy atom. The number of halogens is 1. The average molecular weight is 435 g/mol. The van der Waals surface area contributed by atoms with Gasteiger partial charge in [0, 0.05) is 17.1 Å². The molecule has 2 aliphatic heterocycles. The molecule has 4 rings (SSSR count). The summed E-state index contributed by atoms with van der Waals surface area (Å²) in [6.07, 6.45) is 0.561. The molecule has 0 bridgehead atoms. The fourth-order valence-corrected chi connectivity index (χ4v) is 4.56. The summed E-state index contributed by atoms with van der Waals surface area (Å²) in [4.78, 5) is 1.61. The van der Waals surface area contributed by atoms with Crippen LogP contribution in [-0.2, 0) is 6.42 Å². The Bertz CT molecular complexity index is 1190. The number of fused-ring (bicyclic) bond motifs is 3. The Kier molecular flexibility index (Phi) is 5.10. The minimum absolute atomic E-state index is 0.0298. The van der Waals surface area contributed by atoms with E-state index in [9.17, 15) is 15.6 Å². The van der Waals surface area contributed by atoms with Crippen LogP contribution in [0.15, 0.2) is 42.0 Å². The highest BCUT2D eigenvalue weighted by Crippen LogP contribution is 2.51. The van der Waals surface area contributed by atoms with Crippen molar-refractivity contribution in [2.75, 3.05) is 20.8 Å². The second kappa shape index (κ2) is 7.63. The first-order valence-corrected chi connectivity index (χ1v) is 9.92. The lowest BCUT2D eigenvalue weighted by molar-refractivity contribution is 0.0593. The van der Waals surface area contributed by atoms with Gasteiger partial charge in [-0.2, -0.15) is 10.5 Å². The van der Waals surface area contributed by atoms with Gasteiger partial charge in [-0.1, -0.05) is 23.7 Å². The Hall–Kier alpha value is -3.52. The average Bonchev–Trinajstić information content (AvgIpc) is 2.80. The van der Waals surface area contributed by atoms with Gasteiger partial charge in [-0.3, -0.25) is 5.41 Å². The van der Waals surface area contributed by atoms with Crippen LogP contribution in [0.25, 0.3) is 5.57 Å². The Morgan fingerprint density at radius 1 is 1.16 bits per heavy atom. The molecule has 0 spiro atoms. The van der Waals surface area contributed by atoms with Crippen molar-refractivity contribution in [1.82, 2.24) is 4.90 Å². The first-order valence-electron chi connectivity index (χ1n) is 9.54. The lowest BCUT2D eigenvalue weighted by Gasteiger charge is -2.48. The highest BCUT2D eigenvalue weighted by molar-refractivity contribution is 6.30. The number of nitrogens with zero attached hydrogens (tertiary/aromatic N) is 3. The number of hydrogen-bond donors (Lipinski definition) is 2. The van der Waals surface area contributed by atoms with E-state index in [1.165, 1.54) is 7.11 Å². The van der Waals surface area contributed by atoms with E-state index in [0.29, 0.717) is 40.6 Å². The van der Waals surface area contributed by atoms with Gasteiger partial charge in [0.1, 0.15) is 29.6 Å². The molecule has 2 aromatic rings. The molecule has 0 fully saturated rings. The summed E-state index contributed by atoms with van der Waals surface area (Å²) in [5.41, 5.74) is -0.0212. The zero-order valence-electron chi connectivity index (χ0n) is 16.9. The van der Waals surface area contributed by atoms with Crippen LogP contribution in [0.5, 0.6) is 11.5 Å². The molecule has 156 valence electrons. The molecule has 31 heavy (non-hydrogen) atoms. The van der Waals surface area contributed by atoms with Crippen molar-refractivity contribution >= 4 is 23.0 Å². The van der Waals surface area contributed by atoms with Crippen molar-refractivity contribution in [2.45, 2.75) is 18.1 Å². The number of aliphatic hydroxyl groups is 1. The second-order valence-electron chi connectivity index (χ2n) is 7.35. The van der Waals surface area contributed by atoms with Crippen molar-refractivity contribution in [3.05, 3.63) is 63.7 Å². The molecular weight excluding hydrogens is 416 g/mol. The van der Waals surface area contributed by atoms with Crippen LogP contribution in [0.1, 0.15) is 22.7 Å². The van der Waals surface area contributed by atoms with Gasteiger partial charge in [0.15, 0.2) is 11.5 Å². The maximum absolute atomic E-state index is 11.8. The summed E-state index contributed by atoms with van der Waals surface area (Å²) < 4.78 is 10.8. The first kappa shape index (κ1) is 20.7. The number of amidine groups is 1. The molecule has 0 aliphatic carbocycles. The number of ether oxygens (including phenoxy) is 2. The molecular formula is C23H19ClN4O3. The van der Waals surface area contributed by atoms with E-state index in [-0.39, 0.29) is 17.0 Å². The van der Waals surface area contributed by atoms with E-state index in [0.717, 1.165) is 5.56 Å². The normalized spacial score (nSPS) is 22.2. The van der Waals surface area contributed by atoms with E-state index >= 15 is 0 Å². The van der Waals surface area contributed by atoms with Crippen molar-refractivity contribution in [3.8, 4) is 23.6 Å². The second-order valence-corrected chi connectivity index (χ2v) is 7.78. The molecule has 7 nitrogen and oxygen atoms in total. The number of nitriles is 2. The van der Waals surface area contributed by atoms with Crippen molar-refractivity contribution in [2.24, 2.45) is 0 Å². The third kappa shape index (κ3) is 3.02. The highest BCUT2D eigenvalue weighted by atomic mass is 35.5. The zero-order chi connectivity index (χ0) is 22.3. The monoisotopic (exact) mass is 434 g/mol. The van der Waals surface area contributed by atoms with Crippen LogP contribution in [0.2, 0.25) is 5.02 Å². The molecule has 2 N–H and O–H groups in total. The third-order valence-electron chi connectivity index (χ3n) is 5.84. The van der Waals surface area contributed by atoms with E-state index in [2.05, 4.69) is 0 Å². The molecule has 0 saturated heterocycles. The molecule has 2 unspecified atom stereocenters. The number of nitrogens with one attached hydrogen (secondary N) is 1. The summed E-state index contributed by atoms with van der Waals surface area (Å²) in [7, 11) is 3.05. The van der Waals surface area contributed by atoms with Gasteiger partial charge in [0.2, 0.25) is 5.60 Å². The van der Waals surface area contributed by atoms with Crippen LogP contribution in [0, 0.1) is 28.1 Å². The summed E-state index contributed by atoms with van der Waals surface area (Å²) >= 11 is 6.01. The molecule has 0 radical (unpaired) electrons. The van der Waals surface area contributed by atoms with Gasteiger partial charge in [-0.15, -0.1) is 0 Å². The number of hydrogen-bond acceptors (Lipinski definition) is 6. The Morgan fingerprint density at radius 2 is 1.81 bits per heavy atom. The molecule has 0 saturated carbocycles. The molecule has 2 atom stereocenters. The SMILES string of the molecule is COc1cc2c(cc1OC)C1N(CC2)C(=N)C(C#N)=C(c2ccc(Cl)cc2)C1(O)C#N. The van der Waals surface area contributed by atoms with Crippen LogP contribution in [0.4, 0.5) is 0 Å².